The first-order chi connectivity index (χ1) is 9.61. The van der Waals surface area contributed by atoms with Crippen molar-refractivity contribution in [2.24, 2.45) is 5.92 Å². The lowest BCUT2D eigenvalue weighted by molar-refractivity contribution is 0.200. The van der Waals surface area contributed by atoms with Crippen molar-refractivity contribution >= 4 is 0 Å². The molecule has 1 aromatic carbocycles. The van der Waals surface area contributed by atoms with Crippen LogP contribution >= 0.6 is 0 Å². The monoisotopic (exact) mass is 270 g/mol. The fourth-order valence-corrected chi connectivity index (χ4v) is 2.81. The molecule has 0 aromatic heterocycles. The molecule has 2 fully saturated rings. The molecule has 3 heteroatoms. The first-order valence-corrected chi connectivity index (χ1v) is 7.51. The zero-order chi connectivity index (χ0) is 14.2. The smallest absolute Gasteiger partial charge is 0.144 e. The van der Waals surface area contributed by atoms with E-state index in [-0.39, 0.29) is 0 Å². The number of ether oxygens (including phenoxy) is 1. The Kier molecular flexibility index (Phi) is 3.43. The van der Waals surface area contributed by atoms with Crippen molar-refractivity contribution in [3.63, 3.8) is 0 Å². The molecule has 2 saturated carbocycles. The third kappa shape index (κ3) is 2.96. The number of aryl methyl sites for hydroxylation is 2. The summed E-state index contributed by atoms with van der Waals surface area (Å²) in [5.74, 6) is 1.33. The summed E-state index contributed by atoms with van der Waals surface area (Å²) in [6.45, 7) is 4.59. The molecular weight excluding hydrogens is 248 g/mol. The van der Waals surface area contributed by atoms with Gasteiger partial charge in [0, 0.05) is 6.04 Å². The summed E-state index contributed by atoms with van der Waals surface area (Å²) >= 11 is 0. The van der Waals surface area contributed by atoms with Crippen molar-refractivity contribution in [3.8, 4) is 11.8 Å². The number of nitrogens with zero attached hydrogens (tertiary/aromatic N) is 1. The van der Waals surface area contributed by atoms with E-state index in [4.69, 9.17) is 4.74 Å². The Bertz CT molecular complexity index is 520. The Morgan fingerprint density at radius 2 is 1.85 bits per heavy atom. The van der Waals surface area contributed by atoms with Crippen molar-refractivity contribution in [1.82, 2.24) is 5.32 Å². The van der Waals surface area contributed by atoms with E-state index in [1.807, 2.05) is 12.1 Å². The van der Waals surface area contributed by atoms with Gasteiger partial charge in [-0.2, -0.15) is 5.26 Å². The maximum absolute atomic E-state index is 9.66. The molecule has 1 aromatic rings. The molecule has 0 spiro atoms. The van der Waals surface area contributed by atoms with Crippen LogP contribution < -0.4 is 10.1 Å². The second-order valence-electron chi connectivity index (χ2n) is 6.39. The van der Waals surface area contributed by atoms with Crippen LogP contribution in [0.15, 0.2) is 18.2 Å². The van der Waals surface area contributed by atoms with Crippen molar-refractivity contribution in [2.45, 2.75) is 51.1 Å². The quantitative estimate of drug-likeness (QED) is 0.864. The first kappa shape index (κ1) is 13.5. The molecule has 0 saturated heterocycles. The van der Waals surface area contributed by atoms with Gasteiger partial charge in [0.25, 0.3) is 0 Å². The van der Waals surface area contributed by atoms with Gasteiger partial charge >= 0.3 is 0 Å². The second kappa shape index (κ2) is 5.10. The summed E-state index contributed by atoms with van der Waals surface area (Å²) in [5, 5.41) is 13.2. The van der Waals surface area contributed by atoms with Crippen molar-refractivity contribution in [1.29, 1.82) is 5.26 Å². The number of hydrogen-bond acceptors (Lipinski definition) is 3. The van der Waals surface area contributed by atoms with E-state index in [0.29, 0.717) is 18.6 Å². The molecule has 0 aliphatic heterocycles. The van der Waals surface area contributed by atoms with E-state index in [1.165, 1.54) is 24.0 Å². The summed E-state index contributed by atoms with van der Waals surface area (Å²) in [5.41, 5.74) is 1.91. The summed E-state index contributed by atoms with van der Waals surface area (Å²) in [7, 11) is 0. The maximum atomic E-state index is 9.66. The van der Waals surface area contributed by atoms with Gasteiger partial charge in [0.2, 0.25) is 0 Å². The SMILES string of the molecule is Cc1cc(C)cc(OCC(C#N)(NC2CC2)C2CC2)c1. The van der Waals surface area contributed by atoms with Gasteiger partial charge < -0.3 is 4.74 Å². The van der Waals surface area contributed by atoms with Gasteiger partial charge in [-0.25, -0.2) is 0 Å². The fraction of sp³-hybridized carbons (Fsp3) is 0.588. The van der Waals surface area contributed by atoms with E-state index in [1.54, 1.807) is 0 Å². The number of nitriles is 1. The molecule has 20 heavy (non-hydrogen) atoms. The van der Waals surface area contributed by atoms with E-state index in [2.05, 4.69) is 31.3 Å². The minimum Gasteiger partial charge on any atom is -0.491 e. The molecule has 0 radical (unpaired) electrons. The fourth-order valence-electron chi connectivity index (χ4n) is 2.81. The number of nitrogens with one attached hydrogen (secondary N) is 1. The number of hydrogen-bond donors (Lipinski definition) is 1. The van der Waals surface area contributed by atoms with Gasteiger partial charge in [-0.05, 0) is 68.7 Å². The molecule has 1 N–H and O–H groups in total. The molecule has 3 rings (SSSR count). The predicted molar refractivity (Wildman–Crippen MR) is 78.6 cm³/mol. The lowest BCUT2D eigenvalue weighted by atomic mass is 9.96. The third-order valence-electron chi connectivity index (χ3n) is 4.17. The second-order valence-corrected chi connectivity index (χ2v) is 6.39. The minimum atomic E-state index is -0.487. The molecule has 1 unspecified atom stereocenters. The Labute approximate surface area is 120 Å². The van der Waals surface area contributed by atoms with E-state index < -0.39 is 5.54 Å². The average Bonchev–Trinajstić information content (AvgIpc) is 3.25. The number of rotatable bonds is 6. The first-order valence-electron chi connectivity index (χ1n) is 7.51. The predicted octanol–water partition coefficient (Wildman–Crippen LogP) is 3.11. The van der Waals surface area contributed by atoms with Crippen LogP contribution in [-0.2, 0) is 0 Å². The van der Waals surface area contributed by atoms with Gasteiger partial charge in [-0.3, -0.25) is 5.32 Å². The Hall–Kier alpha value is -1.53. The van der Waals surface area contributed by atoms with Crippen LogP contribution in [0.1, 0.15) is 36.8 Å². The summed E-state index contributed by atoms with van der Waals surface area (Å²) in [6.07, 6.45) is 4.67. The Morgan fingerprint density at radius 3 is 2.35 bits per heavy atom. The normalized spacial score (nSPS) is 21.1. The van der Waals surface area contributed by atoms with Crippen molar-refractivity contribution in [2.75, 3.05) is 6.61 Å². The standard InChI is InChI=1S/C17H22N2O/c1-12-7-13(2)9-16(8-12)20-11-17(10-18,14-3-4-14)19-15-5-6-15/h7-9,14-15,19H,3-6,11H2,1-2H3. The highest BCUT2D eigenvalue weighted by Gasteiger charge is 2.49. The molecule has 106 valence electrons. The maximum Gasteiger partial charge on any atom is 0.144 e. The van der Waals surface area contributed by atoms with E-state index in [9.17, 15) is 5.26 Å². The Balaban J connectivity index is 1.71. The Morgan fingerprint density at radius 1 is 1.20 bits per heavy atom. The summed E-state index contributed by atoms with van der Waals surface area (Å²) in [4.78, 5) is 0. The third-order valence-corrected chi connectivity index (χ3v) is 4.17. The van der Waals surface area contributed by atoms with E-state index in [0.717, 1.165) is 18.6 Å². The largest absolute Gasteiger partial charge is 0.491 e. The molecular formula is C17H22N2O. The highest BCUT2D eigenvalue weighted by molar-refractivity contribution is 5.33. The van der Waals surface area contributed by atoms with Gasteiger partial charge in [-0.1, -0.05) is 6.07 Å². The van der Waals surface area contributed by atoms with Gasteiger partial charge in [0.15, 0.2) is 0 Å². The minimum absolute atomic E-state index is 0.452. The van der Waals surface area contributed by atoms with Crippen LogP contribution in [0, 0.1) is 31.1 Å². The molecule has 2 aliphatic carbocycles. The van der Waals surface area contributed by atoms with Gasteiger partial charge in [0.1, 0.15) is 17.9 Å². The van der Waals surface area contributed by atoms with Gasteiger partial charge in [0.05, 0.1) is 6.07 Å². The van der Waals surface area contributed by atoms with Crippen molar-refractivity contribution in [3.05, 3.63) is 29.3 Å². The molecule has 2 aliphatic rings. The topological polar surface area (TPSA) is 45.0 Å². The highest BCUT2D eigenvalue weighted by atomic mass is 16.5. The zero-order valence-electron chi connectivity index (χ0n) is 12.3. The molecule has 0 amide bonds. The molecule has 3 nitrogen and oxygen atoms in total. The number of benzene rings is 1. The van der Waals surface area contributed by atoms with Crippen LogP contribution in [-0.4, -0.2) is 18.2 Å². The molecule has 1 atom stereocenters. The highest BCUT2D eigenvalue weighted by Crippen LogP contribution is 2.41. The molecule has 0 bridgehead atoms. The van der Waals surface area contributed by atoms with Crippen LogP contribution in [0.25, 0.3) is 0 Å². The summed E-state index contributed by atoms with van der Waals surface area (Å²) in [6, 6.07) is 9.25. The van der Waals surface area contributed by atoms with Crippen LogP contribution in [0.2, 0.25) is 0 Å². The van der Waals surface area contributed by atoms with Crippen molar-refractivity contribution < 1.29 is 4.74 Å². The summed E-state index contributed by atoms with van der Waals surface area (Å²) < 4.78 is 5.97. The lowest BCUT2D eigenvalue weighted by Crippen LogP contribution is -2.52. The average molecular weight is 270 g/mol. The van der Waals surface area contributed by atoms with E-state index >= 15 is 0 Å². The van der Waals surface area contributed by atoms with Crippen LogP contribution in [0.5, 0.6) is 5.75 Å². The van der Waals surface area contributed by atoms with Crippen LogP contribution in [0.4, 0.5) is 0 Å². The zero-order valence-corrected chi connectivity index (χ0v) is 12.3. The van der Waals surface area contributed by atoms with Gasteiger partial charge in [-0.15, -0.1) is 0 Å². The lowest BCUT2D eigenvalue weighted by Gasteiger charge is -2.28. The molecule has 0 heterocycles. The van der Waals surface area contributed by atoms with Crippen LogP contribution in [0.3, 0.4) is 0 Å².